The van der Waals surface area contributed by atoms with Crippen molar-refractivity contribution in [3.8, 4) is 11.6 Å². The average Bonchev–Trinajstić information content (AvgIpc) is 2.41. The van der Waals surface area contributed by atoms with E-state index in [2.05, 4.69) is 16.9 Å². The van der Waals surface area contributed by atoms with Crippen molar-refractivity contribution >= 4 is 11.6 Å². The monoisotopic (exact) mass is 258 g/mol. The average molecular weight is 258 g/mol. The molecule has 19 heavy (non-hydrogen) atoms. The van der Waals surface area contributed by atoms with Gasteiger partial charge in [-0.3, -0.25) is 0 Å². The Morgan fingerprint density at radius 3 is 2.68 bits per heavy atom. The predicted octanol–water partition coefficient (Wildman–Crippen LogP) is 2.48. The van der Waals surface area contributed by atoms with Gasteiger partial charge in [0.05, 0.1) is 5.69 Å². The number of anilines is 2. The van der Waals surface area contributed by atoms with Gasteiger partial charge in [-0.1, -0.05) is 13.0 Å². The number of nitrogens with two attached hydrogens (primary N) is 1. The van der Waals surface area contributed by atoms with E-state index in [1.165, 1.54) is 5.56 Å². The number of nitrogens with zero attached hydrogens (tertiary/aromatic N) is 3. The largest absolute Gasteiger partial charge is 0.437 e. The van der Waals surface area contributed by atoms with Gasteiger partial charge in [0.15, 0.2) is 5.75 Å². The molecule has 0 saturated carbocycles. The number of rotatable bonds is 4. The number of aromatic nitrogens is 2. The first-order valence-electron chi connectivity index (χ1n) is 6.16. The third-order valence-corrected chi connectivity index (χ3v) is 2.71. The first-order valence-corrected chi connectivity index (χ1v) is 6.16. The minimum absolute atomic E-state index is 0.481. The van der Waals surface area contributed by atoms with Gasteiger partial charge in [-0.05, 0) is 24.1 Å². The zero-order valence-electron chi connectivity index (χ0n) is 11.4. The van der Waals surface area contributed by atoms with E-state index in [4.69, 9.17) is 10.5 Å². The molecule has 0 aliphatic carbocycles. The highest BCUT2D eigenvalue weighted by atomic mass is 16.5. The molecule has 2 N–H and O–H groups in total. The highest BCUT2D eigenvalue weighted by Crippen LogP contribution is 2.27. The molecule has 0 radical (unpaired) electrons. The zero-order valence-corrected chi connectivity index (χ0v) is 11.4. The van der Waals surface area contributed by atoms with Gasteiger partial charge in [0.2, 0.25) is 11.8 Å². The van der Waals surface area contributed by atoms with Crippen LogP contribution in [0.3, 0.4) is 0 Å². The van der Waals surface area contributed by atoms with Crippen LogP contribution in [0.25, 0.3) is 0 Å². The van der Waals surface area contributed by atoms with Crippen molar-refractivity contribution in [2.45, 2.75) is 13.3 Å². The maximum atomic E-state index is 5.96. The second kappa shape index (κ2) is 5.56. The van der Waals surface area contributed by atoms with Gasteiger partial charge in [-0.2, -0.15) is 4.98 Å². The van der Waals surface area contributed by atoms with Crippen LogP contribution in [0.1, 0.15) is 12.5 Å². The van der Waals surface area contributed by atoms with Crippen LogP contribution in [-0.4, -0.2) is 24.1 Å². The molecule has 1 aromatic carbocycles. The van der Waals surface area contributed by atoms with Crippen LogP contribution in [0.2, 0.25) is 0 Å². The van der Waals surface area contributed by atoms with Gasteiger partial charge < -0.3 is 15.4 Å². The van der Waals surface area contributed by atoms with Crippen LogP contribution < -0.4 is 15.4 Å². The number of nitrogen functional groups attached to an aromatic ring is 1. The van der Waals surface area contributed by atoms with Crippen molar-refractivity contribution < 1.29 is 4.74 Å². The lowest BCUT2D eigenvalue weighted by Gasteiger charge is -2.12. The van der Waals surface area contributed by atoms with E-state index in [-0.39, 0.29) is 0 Å². The molecule has 0 aliphatic heterocycles. The van der Waals surface area contributed by atoms with E-state index in [0.717, 1.165) is 6.42 Å². The molecule has 1 heterocycles. The standard InChI is InChI=1S/C14H18N4O/c1-4-10-5-6-12(11(15)9-10)19-13-7-8-16-14(17-13)18(2)3/h5-9H,4,15H2,1-3H3. The Hall–Kier alpha value is -2.30. The molecule has 0 atom stereocenters. The van der Waals surface area contributed by atoms with E-state index in [1.807, 2.05) is 37.2 Å². The zero-order chi connectivity index (χ0) is 13.8. The maximum absolute atomic E-state index is 5.96. The third kappa shape index (κ3) is 3.13. The van der Waals surface area contributed by atoms with E-state index in [1.54, 1.807) is 12.3 Å². The van der Waals surface area contributed by atoms with Crippen molar-refractivity contribution in [1.82, 2.24) is 9.97 Å². The summed E-state index contributed by atoms with van der Waals surface area (Å²) in [7, 11) is 3.76. The van der Waals surface area contributed by atoms with Crippen LogP contribution in [0.5, 0.6) is 11.6 Å². The minimum atomic E-state index is 0.481. The Morgan fingerprint density at radius 1 is 1.26 bits per heavy atom. The summed E-state index contributed by atoms with van der Waals surface area (Å²) in [6, 6.07) is 7.49. The van der Waals surface area contributed by atoms with Crippen molar-refractivity contribution in [2.75, 3.05) is 24.7 Å². The van der Waals surface area contributed by atoms with Crippen LogP contribution in [0.15, 0.2) is 30.5 Å². The van der Waals surface area contributed by atoms with Gasteiger partial charge in [-0.25, -0.2) is 4.98 Å². The second-order valence-electron chi connectivity index (χ2n) is 4.42. The number of benzene rings is 1. The Balaban J connectivity index is 2.23. The Bertz CT molecular complexity index is 569. The minimum Gasteiger partial charge on any atom is -0.437 e. The molecule has 0 spiro atoms. The van der Waals surface area contributed by atoms with Gasteiger partial charge >= 0.3 is 0 Å². The molecule has 2 rings (SSSR count). The maximum Gasteiger partial charge on any atom is 0.228 e. The lowest BCUT2D eigenvalue weighted by Crippen LogP contribution is -2.12. The van der Waals surface area contributed by atoms with Crippen LogP contribution in [0, 0.1) is 0 Å². The quantitative estimate of drug-likeness (QED) is 0.853. The molecular formula is C14H18N4O. The molecule has 5 heteroatoms. The van der Waals surface area contributed by atoms with Crippen LogP contribution in [-0.2, 0) is 6.42 Å². The summed E-state index contributed by atoms with van der Waals surface area (Å²) < 4.78 is 5.70. The highest BCUT2D eigenvalue weighted by molar-refractivity contribution is 5.55. The summed E-state index contributed by atoms with van der Waals surface area (Å²) in [6.45, 7) is 2.09. The Labute approximate surface area is 113 Å². The van der Waals surface area contributed by atoms with E-state index in [0.29, 0.717) is 23.3 Å². The molecule has 1 aromatic heterocycles. The molecular weight excluding hydrogens is 240 g/mol. The first-order chi connectivity index (χ1) is 9.10. The first kappa shape index (κ1) is 13.1. The van der Waals surface area contributed by atoms with Crippen molar-refractivity contribution in [3.05, 3.63) is 36.0 Å². The highest BCUT2D eigenvalue weighted by Gasteiger charge is 2.06. The lowest BCUT2D eigenvalue weighted by atomic mass is 10.1. The molecule has 0 aliphatic rings. The van der Waals surface area contributed by atoms with Crippen LogP contribution in [0.4, 0.5) is 11.6 Å². The number of ether oxygens (including phenoxy) is 1. The van der Waals surface area contributed by atoms with Gasteiger partial charge in [-0.15, -0.1) is 0 Å². The molecule has 0 fully saturated rings. The lowest BCUT2D eigenvalue weighted by molar-refractivity contribution is 0.463. The summed E-state index contributed by atoms with van der Waals surface area (Å²) in [4.78, 5) is 10.2. The molecule has 100 valence electrons. The number of hydrogen-bond acceptors (Lipinski definition) is 5. The third-order valence-electron chi connectivity index (χ3n) is 2.71. The van der Waals surface area contributed by atoms with Crippen LogP contribution >= 0.6 is 0 Å². The molecule has 0 unspecified atom stereocenters. The topological polar surface area (TPSA) is 64.3 Å². The SMILES string of the molecule is CCc1ccc(Oc2ccnc(N(C)C)n2)c(N)c1. The van der Waals surface area contributed by atoms with Crippen molar-refractivity contribution in [1.29, 1.82) is 0 Å². The summed E-state index contributed by atoms with van der Waals surface area (Å²) >= 11 is 0. The fraction of sp³-hybridized carbons (Fsp3) is 0.286. The van der Waals surface area contributed by atoms with E-state index >= 15 is 0 Å². The molecule has 0 amide bonds. The van der Waals surface area contributed by atoms with Crippen molar-refractivity contribution in [2.24, 2.45) is 0 Å². The fourth-order valence-corrected chi connectivity index (χ4v) is 1.63. The molecule has 2 aromatic rings. The van der Waals surface area contributed by atoms with Gasteiger partial charge in [0.1, 0.15) is 0 Å². The number of hydrogen-bond donors (Lipinski definition) is 1. The summed E-state index contributed by atoms with van der Waals surface area (Å²) in [5.74, 6) is 1.69. The van der Waals surface area contributed by atoms with E-state index in [9.17, 15) is 0 Å². The predicted molar refractivity (Wildman–Crippen MR) is 76.7 cm³/mol. The summed E-state index contributed by atoms with van der Waals surface area (Å²) in [6.07, 6.45) is 2.61. The number of aryl methyl sites for hydroxylation is 1. The molecule has 0 bridgehead atoms. The molecule has 5 nitrogen and oxygen atoms in total. The normalized spacial score (nSPS) is 10.3. The Morgan fingerprint density at radius 2 is 2.05 bits per heavy atom. The summed E-state index contributed by atoms with van der Waals surface area (Å²) in [5.41, 5.74) is 7.76. The van der Waals surface area contributed by atoms with Gasteiger partial charge in [0, 0.05) is 26.4 Å². The molecule has 0 saturated heterocycles. The second-order valence-corrected chi connectivity index (χ2v) is 4.42. The van der Waals surface area contributed by atoms with E-state index < -0.39 is 0 Å². The Kier molecular flexibility index (Phi) is 3.85. The van der Waals surface area contributed by atoms with Gasteiger partial charge in [0.25, 0.3) is 0 Å². The summed E-state index contributed by atoms with van der Waals surface area (Å²) in [5, 5.41) is 0. The van der Waals surface area contributed by atoms with Crippen molar-refractivity contribution in [3.63, 3.8) is 0 Å². The smallest absolute Gasteiger partial charge is 0.228 e. The fourth-order valence-electron chi connectivity index (χ4n) is 1.63.